The summed E-state index contributed by atoms with van der Waals surface area (Å²) in [5.74, 6) is 0. The molecule has 1 aromatic carbocycles. The lowest BCUT2D eigenvalue weighted by Gasteiger charge is -2.16. The Hall–Kier alpha value is -2.31. The maximum absolute atomic E-state index is 12.8. The van der Waals surface area contributed by atoms with E-state index in [9.17, 15) is 22.8 Å². The normalized spacial score (nSPS) is 11.7. The highest BCUT2D eigenvalue weighted by Crippen LogP contribution is 2.30. The second kappa shape index (κ2) is 5.47. The van der Waals surface area contributed by atoms with Crippen molar-refractivity contribution in [3.63, 3.8) is 0 Å². The molecule has 0 aliphatic rings. The first-order valence-corrected chi connectivity index (χ1v) is 6.67. The molecule has 1 heterocycles. The van der Waals surface area contributed by atoms with Crippen LogP contribution >= 0.6 is 0 Å². The van der Waals surface area contributed by atoms with E-state index in [1.807, 2.05) is 0 Å². The van der Waals surface area contributed by atoms with E-state index in [-0.39, 0.29) is 5.69 Å². The van der Waals surface area contributed by atoms with Crippen LogP contribution in [0.25, 0.3) is 5.69 Å². The number of aromatic nitrogens is 2. The van der Waals surface area contributed by atoms with Crippen LogP contribution in [0.1, 0.15) is 23.7 Å². The molecule has 1 aromatic heterocycles. The second-order valence-electron chi connectivity index (χ2n) is 4.95. The molecular weight excluding hydrogens is 297 g/mol. The van der Waals surface area contributed by atoms with Crippen molar-refractivity contribution in [2.24, 2.45) is 7.05 Å². The van der Waals surface area contributed by atoms with Crippen molar-refractivity contribution in [3.05, 3.63) is 61.9 Å². The average Bonchev–Trinajstić information content (AvgIpc) is 2.45. The Kier molecular flexibility index (Phi) is 4.00. The maximum atomic E-state index is 12.8. The van der Waals surface area contributed by atoms with Crippen LogP contribution < -0.4 is 11.2 Å². The van der Waals surface area contributed by atoms with Crippen molar-refractivity contribution in [1.82, 2.24) is 9.13 Å². The van der Waals surface area contributed by atoms with E-state index in [2.05, 4.69) is 0 Å². The fourth-order valence-electron chi connectivity index (χ4n) is 2.40. The fourth-order valence-corrected chi connectivity index (χ4v) is 2.40. The van der Waals surface area contributed by atoms with Gasteiger partial charge in [-0.1, -0.05) is 13.0 Å². The zero-order valence-corrected chi connectivity index (χ0v) is 12.4. The van der Waals surface area contributed by atoms with Gasteiger partial charge in [-0.3, -0.25) is 13.9 Å². The number of rotatable bonds is 2. The quantitative estimate of drug-likeness (QED) is 0.855. The molecule has 0 amide bonds. The van der Waals surface area contributed by atoms with E-state index in [1.54, 1.807) is 13.8 Å². The van der Waals surface area contributed by atoms with Gasteiger partial charge in [-0.25, -0.2) is 4.79 Å². The van der Waals surface area contributed by atoms with E-state index < -0.39 is 23.0 Å². The van der Waals surface area contributed by atoms with Gasteiger partial charge >= 0.3 is 11.9 Å². The molecule has 0 fully saturated rings. The lowest BCUT2D eigenvalue weighted by Crippen LogP contribution is -2.40. The molecule has 0 radical (unpaired) electrons. The molecular formula is C15H15F3N2O2. The van der Waals surface area contributed by atoms with Gasteiger partial charge in [0.25, 0.3) is 5.56 Å². The van der Waals surface area contributed by atoms with E-state index in [4.69, 9.17) is 0 Å². The van der Waals surface area contributed by atoms with E-state index in [0.717, 1.165) is 21.3 Å². The molecule has 4 nitrogen and oxygen atoms in total. The summed E-state index contributed by atoms with van der Waals surface area (Å²) < 4.78 is 40.5. The third kappa shape index (κ3) is 2.58. The van der Waals surface area contributed by atoms with Crippen molar-refractivity contribution in [1.29, 1.82) is 0 Å². The van der Waals surface area contributed by atoms with Gasteiger partial charge in [0, 0.05) is 18.3 Å². The molecule has 22 heavy (non-hydrogen) atoms. The molecule has 0 N–H and O–H groups in total. The van der Waals surface area contributed by atoms with E-state index in [0.29, 0.717) is 17.7 Å². The predicted molar refractivity (Wildman–Crippen MR) is 76.4 cm³/mol. The SMILES string of the molecule is CCc1c(C)n(-c2cccc(C(F)(F)F)c2)c(=O)n(C)c1=O. The second-order valence-corrected chi connectivity index (χ2v) is 4.95. The van der Waals surface area contributed by atoms with Gasteiger partial charge in [-0.05, 0) is 31.5 Å². The first-order valence-electron chi connectivity index (χ1n) is 6.67. The van der Waals surface area contributed by atoms with Crippen LogP contribution in [-0.2, 0) is 19.6 Å². The Morgan fingerprint density at radius 1 is 1.18 bits per heavy atom. The summed E-state index contributed by atoms with van der Waals surface area (Å²) in [5.41, 5.74) is -1.09. The Balaban J connectivity index is 2.82. The topological polar surface area (TPSA) is 44.0 Å². The van der Waals surface area contributed by atoms with Crippen molar-refractivity contribution in [2.45, 2.75) is 26.4 Å². The Morgan fingerprint density at radius 3 is 2.36 bits per heavy atom. The molecule has 0 saturated carbocycles. The van der Waals surface area contributed by atoms with Crippen molar-refractivity contribution in [2.75, 3.05) is 0 Å². The van der Waals surface area contributed by atoms with Crippen LogP contribution in [0.2, 0.25) is 0 Å². The standard InChI is InChI=1S/C15H15F3N2O2/c1-4-12-9(2)20(14(22)19(3)13(12)21)11-7-5-6-10(8-11)15(16,17)18/h5-8H,4H2,1-3H3. The molecule has 7 heteroatoms. The minimum absolute atomic E-state index is 0.0858. The number of benzene rings is 1. The number of halogens is 3. The Bertz CT molecular complexity index is 832. The van der Waals surface area contributed by atoms with Gasteiger partial charge in [0.1, 0.15) is 0 Å². The van der Waals surface area contributed by atoms with Gasteiger partial charge in [0.15, 0.2) is 0 Å². The van der Waals surface area contributed by atoms with Crippen LogP contribution in [0.3, 0.4) is 0 Å². The molecule has 0 atom stereocenters. The number of alkyl halides is 3. The minimum atomic E-state index is -4.50. The molecule has 0 aliphatic heterocycles. The molecule has 0 bridgehead atoms. The summed E-state index contributed by atoms with van der Waals surface area (Å²) in [4.78, 5) is 24.3. The Morgan fingerprint density at radius 2 is 1.82 bits per heavy atom. The molecule has 2 aromatic rings. The number of hydrogen-bond acceptors (Lipinski definition) is 2. The summed E-state index contributed by atoms with van der Waals surface area (Å²) >= 11 is 0. The Labute approximate surface area is 124 Å². The lowest BCUT2D eigenvalue weighted by atomic mass is 10.1. The number of hydrogen-bond donors (Lipinski definition) is 0. The van der Waals surface area contributed by atoms with E-state index in [1.165, 1.54) is 19.2 Å². The van der Waals surface area contributed by atoms with Crippen LogP contribution in [-0.4, -0.2) is 9.13 Å². The zero-order chi connectivity index (χ0) is 16.7. The first-order chi connectivity index (χ1) is 10.2. The molecule has 0 spiro atoms. The smallest absolute Gasteiger partial charge is 0.269 e. The highest BCUT2D eigenvalue weighted by atomic mass is 19.4. The third-order valence-electron chi connectivity index (χ3n) is 3.60. The highest BCUT2D eigenvalue weighted by Gasteiger charge is 2.30. The van der Waals surface area contributed by atoms with Crippen LogP contribution in [0.4, 0.5) is 13.2 Å². The third-order valence-corrected chi connectivity index (χ3v) is 3.60. The average molecular weight is 312 g/mol. The van der Waals surface area contributed by atoms with Crippen molar-refractivity contribution >= 4 is 0 Å². The maximum Gasteiger partial charge on any atom is 0.416 e. The van der Waals surface area contributed by atoms with Crippen LogP contribution in [0.5, 0.6) is 0 Å². The number of nitrogens with zero attached hydrogens (tertiary/aromatic N) is 2. The van der Waals surface area contributed by atoms with Gasteiger partial charge in [0.05, 0.1) is 11.3 Å². The largest absolute Gasteiger partial charge is 0.416 e. The van der Waals surface area contributed by atoms with E-state index >= 15 is 0 Å². The minimum Gasteiger partial charge on any atom is -0.269 e. The lowest BCUT2D eigenvalue weighted by molar-refractivity contribution is -0.137. The van der Waals surface area contributed by atoms with Crippen molar-refractivity contribution < 1.29 is 13.2 Å². The van der Waals surface area contributed by atoms with Gasteiger partial charge in [-0.15, -0.1) is 0 Å². The summed E-state index contributed by atoms with van der Waals surface area (Å²) in [5, 5.41) is 0. The molecule has 2 rings (SSSR count). The van der Waals surface area contributed by atoms with Crippen molar-refractivity contribution in [3.8, 4) is 5.69 Å². The molecule has 0 unspecified atom stereocenters. The monoisotopic (exact) mass is 312 g/mol. The fraction of sp³-hybridized carbons (Fsp3) is 0.333. The summed E-state index contributed by atoms with van der Waals surface area (Å²) in [7, 11) is 1.31. The molecule has 118 valence electrons. The first kappa shape index (κ1) is 16.1. The summed E-state index contributed by atoms with van der Waals surface area (Å²) in [6, 6.07) is 4.49. The van der Waals surface area contributed by atoms with Gasteiger partial charge in [-0.2, -0.15) is 13.2 Å². The van der Waals surface area contributed by atoms with Gasteiger partial charge < -0.3 is 0 Å². The van der Waals surface area contributed by atoms with Crippen LogP contribution in [0.15, 0.2) is 33.9 Å². The summed E-state index contributed by atoms with van der Waals surface area (Å²) in [6.07, 6.45) is -4.11. The van der Waals surface area contributed by atoms with Crippen LogP contribution in [0, 0.1) is 6.92 Å². The highest BCUT2D eigenvalue weighted by molar-refractivity contribution is 5.39. The zero-order valence-electron chi connectivity index (χ0n) is 12.4. The summed E-state index contributed by atoms with van der Waals surface area (Å²) in [6.45, 7) is 3.31. The predicted octanol–water partition coefficient (Wildman–Crippen LogP) is 2.43. The molecule has 0 aliphatic carbocycles. The van der Waals surface area contributed by atoms with Gasteiger partial charge in [0.2, 0.25) is 0 Å². The molecule has 0 saturated heterocycles.